The van der Waals surface area contributed by atoms with E-state index in [0.29, 0.717) is 23.3 Å². The molecule has 8 heteroatoms. The summed E-state index contributed by atoms with van der Waals surface area (Å²) in [4.78, 5) is 13.0. The highest BCUT2D eigenvalue weighted by molar-refractivity contribution is 7.90. The Morgan fingerprint density at radius 2 is 1.96 bits per heavy atom. The van der Waals surface area contributed by atoms with Gasteiger partial charge in [-0.25, -0.2) is 13.1 Å². The van der Waals surface area contributed by atoms with Gasteiger partial charge in [0.05, 0.1) is 23.7 Å². The molecule has 26 heavy (non-hydrogen) atoms. The van der Waals surface area contributed by atoms with Crippen LogP contribution in [-0.2, 0) is 21.2 Å². The van der Waals surface area contributed by atoms with E-state index in [1.54, 1.807) is 6.92 Å². The molecule has 7 nitrogen and oxygen atoms in total. The molecule has 1 N–H and O–H groups in total. The van der Waals surface area contributed by atoms with E-state index in [1.165, 1.54) is 23.0 Å². The number of carbonyl (C=O) groups is 1. The molecule has 0 saturated heterocycles. The fourth-order valence-corrected chi connectivity index (χ4v) is 3.72. The average molecular weight is 380 g/mol. The number of nitrogens with zero attached hydrogens (tertiary/aromatic N) is 2. The predicted octanol–water partition coefficient (Wildman–Crippen LogP) is 2.65. The van der Waals surface area contributed by atoms with Gasteiger partial charge < -0.3 is 9.84 Å². The van der Waals surface area contributed by atoms with Crippen LogP contribution in [0, 0.1) is 6.92 Å². The van der Waals surface area contributed by atoms with Gasteiger partial charge in [-0.1, -0.05) is 0 Å². The molecule has 0 aliphatic heterocycles. The van der Waals surface area contributed by atoms with Crippen LogP contribution in [0.5, 0.6) is 5.88 Å². The highest BCUT2D eigenvalue weighted by Crippen LogP contribution is 2.28. The summed E-state index contributed by atoms with van der Waals surface area (Å²) in [5, 5.41) is 14.3. The molecule has 0 fully saturated rings. The van der Waals surface area contributed by atoms with E-state index < -0.39 is 15.6 Å². The lowest BCUT2D eigenvalue weighted by Crippen LogP contribution is -2.11. The summed E-state index contributed by atoms with van der Waals surface area (Å²) in [5.41, 5.74) is 1.36. The van der Waals surface area contributed by atoms with Crippen LogP contribution in [-0.4, -0.2) is 42.0 Å². The Hall–Kier alpha value is -2.19. The molecule has 0 bridgehead atoms. The second-order valence-corrected chi connectivity index (χ2v) is 8.36. The van der Waals surface area contributed by atoms with Gasteiger partial charge in [-0.2, -0.15) is 5.10 Å². The second-order valence-electron chi connectivity index (χ2n) is 6.37. The van der Waals surface area contributed by atoms with Gasteiger partial charge in [0, 0.05) is 18.4 Å². The highest BCUT2D eigenvalue weighted by atomic mass is 32.2. The van der Waals surface area contributed by atoms with E-state index >= 15 is 0 Å². The molecule has 0 unspecified atom stereocenters. The summed E-state index contributed by atoms with van der Waals surface area (Å²) in [6.07, 6.45) is 2.45. The highest BCUT2D eigenvalue weighted by Gasteiger charge is 2.24. The van der Waals surface area contributed by atoms with Gasteiger partial charge >= 0.3 is 0 Å². The SMILES string of the molecule is CCOCc1c(S(C)(=O)=O)ccc(C(=O)c2cnn(C(C)C)c2O)c1C. The Bertz CT molecular complexity index is 929. The number of rotatable bonds is 7. The molecule has 0 radical (unpaired) electrons. The number of carbonyl (C=O) groups excluding carboxylic acids is 1. The fraction of sp³-hybridized carbons (Fsp3) is 0.444. The van der Waals surface area contributed by atoms with Gasteiger partial charge in [-0.3, -0.25) is 4.79 Å². The quantitative estimate of drug-likeness (QED) is 0.742. The first-order valence-corrected chi connectivity index (χ1v) is 10.2. The number of sulfone groups is 1. The van der Waals surface area contributed by atoms with Crippen molar-refractivity contribution in [2.75, 3.05) is 12.9 Å². The van der Waals surface area contributed by atoms with Crippen LogP contribution in [0.15, 0.2) is 23.2 Å². The molecule has 2 rings (SSSR count). The number of benzene rings is 1. The molecule has 0 aliphatic rings. The van der Waals surface area contributed by atoms with Crippen LogP contribution in [0.1, 0.15) is 53.9 Å². The van der Waals surface area contributed by atoms with Crippen molar-refractivity contribution in [3.8, 4) is 5.88 Å². The zero-order valence-electron chi connectivity index (χ0n) is 15.6. The Kier molecular flexibility index (Phi) is 5.87. The normalized spacial score (nSPS) is 11.9. The van der Waals surface area contributed by atoms with Crippen LogP contribution in [0.25, 0.3) is 0 Å². The molecule has 1 aromatic heterocycles. The number of hydrogen-bond donors (Lipinski definition) is 1. The van der Waals surface area contributed by atoms with Crippen molar-refractivity contribution in [1.29, 1.82) is 0 Å². The minimum absolute atomic E-state index is 0.0799. The van der Waals surface area contributed by atoms with E-state index in [1.807, 2.05) is 20.8 Å². The smallest absolute Gasteiger partial charge is 0.221 e. The number of aromatic nitrogens is 2. The number of hydrogen-bond acceptors (Lipinski definition) is 6. The summed E-state index contributed by atoms with van der Waals surface area (Å²) in [6.45, 7) is 7.68. The average Bonchev–Trinajstić information content (AvgIpc) is 2.93. The van der Waals surface area contributed by atoms with E-state index in [4.69, 9.17) is 4.74 Å². The number of ketones is 1. The van der Waals surface area contributed by atoms with Crippen molar-refractivity contribution >= 4 is 15.6 Å². The minimum atomic E-state index is -3.47. The zero-order chi connectivity index (χ0) is 19.6. The van der Waals surface area contributed by atoms with E-state index in [-0.39, 0.29) is 29.0 Å². The monoisotopic (exact) mass is 380 g/mol. The van der Waals surface area contributed by atoms with Crippen LogP contribution >= 0.6 is 0 Å². The van der Waals surface area contributed by atoms with Crippen molar-refractivity contribution in [1.82, 2.24) is 9.78 Å². The van der Waals surface area contributed by atoms with Gasteiger partial charge in [0.1, 0.15) is 5.56 Å². The predicted molar refractivity (Wildman–Crippen MR) is 97.3 cm³/mol. The van der Waals surface area contributed by atoms with Gasteiger partial charge in [0.25, 0.3) is 0 Å². The van der Waals surface area contributed by atoms with Crippen LogP contribution in [0.2, 0.25) is 0 Å². The molecule has 0 amide bonds. The lowest BCUT2D eigenvalue weighted by atomic mass is 9.97. The first-order chi connectivity index (χ1) is 12.1. The van der Waals surface area contributed by atoms with E-state index in [0.717, 1.165) is 6.26 Å². The summed E-state index contributed by atoms with van der Waals surface area (Å²) in [7, 11) is -3.47. The molecular formula is C18H24N2O5S. The molecule has 0 aliphatic carbocycles. The molecule has 0 saturated carbocycles. The third kappa shape index (κ3) is 3.81. The standard InChI is InChI=1S/C18H24N2O5S/c1-6-25-10-15-12(4)13(7-8-16(15)26(5,23)24)17(21)14-9-19-20(11(2)3)18(14)22/h7-9,11,22H,6,10H2,1-5H3. The van der Waals surface area contributed by atoms with Gasteiger partial charge in [-0.15, -0.1) is 0 Å². The van der Waals surface area contributed by atoms with Crippen LogP contribution in [0.3, 0.4) is 0 Å². The van der Waals surface area contributed by atoms with Gasteiger partial charge in [0.2, 0.25) is 5.88 Å². The summed E-state index contributed by atoms with van der Waals surface area (Å²) >= 11 is 0. The molecule has 142 valence electrons. The summed E-state index contributed by atoms with van der Waals surface area (Å²) < 4.78 is 30.9. The summed E-state index contributed by atoms with van der Waals surface area (Å²) in [5.74, 6) is -0.618. The minimum Gasteiger partial charge on any atom is -0.493 e. The van der Waals surface area contributed by atoms with Crippen molar-refractivity contribution in [3.63, 3.8) is 0 Å². The van der Waals surface area contributed by atoms with Crippen molar-refractivity contribution in [2.45, 2.75) is 45.2 Å². The number of aromatic hydroxyl groups is 1. The molecular weight excluding hydrogens is 356 g/mol. The zero-order valence-corrected chi connectivity index (χ0v) is 16.4. The Morgan fingerprint density at radius 3 is 2.46 bits per heavy atom. The van der Waals surface area contributed by atoms with Crippen molar-refractivity contribution in [2.24, 2.45) is 0 Å². The van der Waals surface area contributed by atoms with Crippen LogP contribution < -0.4 is 0 Å². The lowest BCUT2D eigenvalue weighted by Gasteiger charge is -2.15. The van der Waals surface area contributed by atoms with E-state index in [9.17, 15) is 18.3 Å². The molecule has 1 aromatic carbocycles. The maximum atomic E-state index is 12.9. The maximum absolute atomic E-state index is 12.9. The lowest BCUT2D eigenvalue weighted by molar-refractivity contribution is 0.103. The van der Waals surface area contributed by atoms with Gasteiger partial charge in [0.15, 0.2) is 15.6 Å². The third-order valence-electron chi connectivity index (χ3n) is 4.15. The third-order valence-corrected chi connectivity index (χ3v) is 5.33. The van der Waals surface area contributed by atoms with Crippen molar-refractivity contribution in [3.05, 3.63) is 40.6 Å². The first-order valence-electron chi connectivity index (χ1n) is 8.31. The van der Waals surface area contributed by atoms with Gasteiger partial charge in [-0.05, 0) is 51.0 Å². The molecule has 2 aromatic rings. The summed E-state index contributed by atoms with van der Waals surface area (Å²) in [6, 6.07) is 2.78. The molecule has 1 heterocycles. The van der Waals surface area contributed by atoms with E-state index in [2.05, 4.69) is 5.10 Å². The Labute approximate surface area is 153 Å². The van der Waals surface area contributed by atoms with Crippen LogP contribution in [0.4, 0.5) is 0 Å². The fourth-order valence-electron chi connectivity index (χ4n) is 2.75. The largest absolute Gasteiger partial charge is 0.493 e. The maximum Gasteiger partial charge on any atom is 0.221 e. The topological polar surface area (TPSA) is 98.5 Å². The Morgan fingerprint density at radius 1 is 1.31 bits per heavy atom. The second kappa shape index (κ2) is 7.59. The Balaban J connectivity index is 2.58. The van der Waals surface area contributed by atoms with Crippen molar-refractivity contribution < 1.29 is 23.1 Å². The first kappa shape index (κ1) is 20.1. The molecule has 0 atom stereocenters. The molecule has 0 spiro atoms. The number of ether oxygens (including phenoxy) is 1.